The molecule has 2 rings (SSSR count). The number of rotatable bonds is 4. The van der Waals surface area contributed by atoms with Gasteiger partial charge in [0.25, 0.3) is 15.9 Å². The van der Waals surface area contributed by atoms with E-state index in [4.69, 9.17) is 5.11 Å². The van der Waals surface area contributed by atoms with Crippen LogP contribution in [0.25, 0.3) is 0 Å². The van der Waals surface area contributed by atoms with E-state index in [1.165, 1.54) is 12.1 Å². The first-order valence-corrected chi connectivity index (χ1v) is 7.74. The zero-order valence-corrected chi connectivity index (χ0v) is 12.0. The minimum Gasteiger partial charge on any atom is -0.478 e. The lowest BCUT2D eigenvalue weighted by molar-refractivity contribution is 0.0695. The minimum atomic E-state index is -3.95. The fourth-order valence-corrected chi connectivity index (χ4v) is 4.29. The third-order valence-electron chi connectivity index (χ3n) is 3.47. The molecule has 1 aliphatic rings. The lowest BCUT2D eigenvalue weighted by atomic mass is 10.1. The molecule has 0 aromatic heterocycles. The van der Waals surface area contributed by atoms with E-state index in [2.05, 4.69) is 0 Å². The fourth-order valence-electron chi connectivity index (χ4n) is 2.36. The lowest BCUT2D eigenvalue weighted by Gasteiger charge is -2.24. The van der Waals surface area contributed by atoms with Gasteiger partial charge >= 0.3 is 5.97 Å². The van der Waals surface area contributed by atoms with Gasteiger partial charge in [-0.15, -0.1) is 0 Å². The highest BCUT2D eigenvalue weighted by Crippen LogP contribution is 2.34. The van der Waals surface area contributed by atoms with E-state index in [0.29, 0.717) is 12.8 Å². The number of aromatic carboxylic acids is 1. The number of hydrogen-bond donors (Lipinski definition) is 1. The van der Waals surface area contributed by atoms with E-state index in [-0.39, 0.29) is 16.0 Å². The van der Waals surface area contributed by atoms with Gasteiger partial charge in [-0.1, -0.05) is 13.8 Å². The van der Waals surface area contributed by atoms with Crippen LogP contribution in [0.1, 0.15) is 47.4 Å². The van der Waals surface area contributed by atoms with Crippen molar-refractivity contribution in [2.24, 2.45) is 0 Å². The van der Waals surface area contributed by atoms with Gasteiger partial charge in [0.05, 0.1) is 11.1 Å². The van der Waals surface area contributed by atoms with Gasteiger partial charge in [-0.25, -0.2) is 17.5 Å². The number of carboxylic acids is 1. The van der Waals surface area contributed by atoms with Crippen LogP contribution in [0, 0.1) is 0 Å². The van der Waals surface area contributed by atoms with Crippen molar-refractivity contribution in [2.75, 3.05) is 0 Å². The van der Waals surface area contributed by atoms with Gasteiger partial charge in [-0.05, 0) is 31.0 Å². The molecule has 0 radical (unpaired) electrons. The Hall–Kier alpha value is -1.89. The summed E-state index contributed by atoms with van der Waals surface area (Å²) in [6.45, 7) is 3.62. The first-order chi connectivity index (χ1) is 9.34. The second-order valence-corrected chi connectivity index (χ2v) is 6.38. The molecular weight excluding hydrogens is 282 g/mol. The summed E-state index contributed by atoms with van der Waals surface area (Å²) in [5.74, 6) is -1.80. The summed E-state index contributed by atoms with van der Waals surface area (Å²) >= 11 is 0. The van der Waals surface area contributed by atoms with Crippen molar-refractivity contribution >= 4 is 21.9 Å². The molecule has 0 saturated carbocycles. The highest BCUT2D eigenvalue weighted by molar-refractivity contribution is 7.90. The van der Waals surface area contributed by atoms with Crippen molar-refractivity contribution in [3.05, 3.63) is 29.3 Å². The predicted molar refractivity (Wildman–Crippen MR) is 71.1 cm³/mol. The van der Waals surface area contributed by atoms with Crippen LogP contribution < -0.4 is 0 Å². The maximum atomic E-state index is 12.4. The van der Waals surface area contributed by atoms with E-state index in [0.717, 1.165) is 10.4 Å². The standard InChI is InChI=1S/C13H15NO5S/c1-3-9(4-2)14-12(15)10-6-5-8(13(16)17)7-11(10)20(14,18)19/h5-7,9H,3-4H2,1-2H3,(H,16,17). The van der Waals surface area contributed by atoms with Crippen molar-refractivity contribution in [3.8, 4) is 0 Å². The van der Waals surface area contributed by atoms with Crippen molar-refractivity contribution in [1.29, 1.82) is 0 Å². The van der Waals surface area contributed by atoms with Crippen LogP contribution in [0.15, 0.2) is 23.1 Å². The van der Waals surface area contributed by atoms with Gasteiger partial charge in [-0.3, -0.25) is 4.79 Å². The molecule has 1 aliphatic heterocycles. The van der Waals surface area contributed by atoms with Gasteiger partial charge in [0.15, 0.2) is 0 Å². The Balaban J connectivity index is 2.62. The quantitative estimate of drug-likeness (QED) is 0.913. The molecule has 1 heterocycles. The molecule has 0 bridgehead atoms. The summed E-state index contributed by atoms with van der Waals surface area (Å²) in [4.78, 5) is 23.0. The molecule has 0 fully saturated rings. The topological polar surface area (TPSA) is 91.8 Å². The smallest absolute Gasteiger partial charge is 0.335 e. The average Bonchev–Trinajstić information content (AvgIpc) is 2.61. The third kappa shape index (κ3) is 1.98. The number of carbonyl (C=O) groups excluding carboxylic acids is 1. The van der Waals surface area contributed by atoms with Crippen LogP contribution in [0.2, 0.25) is 0 Å². The second-order valence-electron chi connectivity index (χ2n) is 4.59. The lowest BCUT2D eigenvalue weighted by Crippen LogP contribution is -2.39. The molecule has 0 aliphatic carbocycles. The molecule has 0 unspecified atom stereocenters. The number of sulfonamides is 1. The maximum absolute atomic E-state index is 12.4. The summed E-state index contributed by atoms with van der Waals surface area (Å²) < 4.78 is 25.8. The number of amides is 1. The first kappa shape index (κ1) is 14.5. The maximum Gasteiger partial charge on any atom is 0.335 e. The Kier molecular flexibility index (Phi) is 3.56. The summed E-state index contributed by atoms with van der Waals surface area (Å²) in [6.07, 6.45) is 1.03. The van der Waals surface area contributed by atoms with Crippen LogP contribution in [0.4, 0.5) is 0 Å². The average molecular weight is 297 g/mol. The van der Waals surface area contributed by atoms with E-state index >= 15 is 0 Å². The molecule has 7 heteroatoms. The number of benzene rings is 1. The largest absolute Gasteiger partial charge is 0.478 e. The summed E-state index contributed by atoms with van der Waals surface area (Å²) in [6, 6.07) is 3.15. The number of hydrogen-bond acceptors (Lipinski definition) is 4. The van der Waals surface area contributed by atoms with Gasteiger partial charge in [0.2, 0.25) is 0 Å². The van der Waals surface area contributed by atoms with E-state index < -0.39 is 27.9 Å². The summed E-state index contributed by atoms with van der Waals surface area (Å²) in [5.41, 5.74) is -0.103. The van der Waals surface area contributed by atoms with Gasteiger partial charge < -0.3 is 5.11 Å². The number of fused-ring (bicyclic) bond motifs is 1. The Bertz CT molecular complexity index is 676. The van der Waals surface area contributed by atoms with Crippen molar-refractivity contribution in [2.45, 2.75) is 37.6 Å². The van der Waals surface area contributed by atoms with Crippen LogP contribution in [-0.2, 0) is 10.0 Å². The Morgan fingerprint density at radius 3 is 2.40 bits per heavy atom. The third-order valence-corrected chi connectivity index (χ3v) is 5.35. The highest BCUT2D eigenvalue weighted by atomic mass is 32.2. The van der Waals surface area contributed by atoms with Crippen LogP contribution >= 0.6 is 0 Å². The van der Waals surface area contributed by atoms with Crippen LogP contribution in [0.3, 0.4) is 0 Å². The fraction of sp³-hybridized carbons (Fsp3) is 0.385. The summed E-state index contributed by atoms with van der Waals surface area (Å²) in [5, 5.41) is 8.93. The Labute approximate surface area is 117 Å². The Morgan fingerprint density at radius 1 is 1.30 bits per heavy atom. The molecule has 0 spiro atoms. The molecule has 1 aromatic carbocycles. The molecular formula is C13H15NO5S. The molecule has 0 atom stereocenters. The van der Waals surface area contributed by atoms with Gasteiger partial charge in [0, 0.05) is 6.04 Å². The molecule has 1 N–H and O–H groups in total. The molecule has 20 heavy (non-hydrogen) atoms. The SMILES string of the molecule is CCC(CC)N1C(=O)c2ccc(C(=O)O)cc2S1(=O)=O. The van der Waals surface area contributed by atoms with E-state index in [1.807, 2.05) is 13.8 Å². The monoisotopic (exact) mass is 297 g/mol. The Morgan fingerprint density at radius 2 is 1.90 bits per heavy atom. The number of carbonyl (C=O) groups is 2. The van der Waals surface area contributed by atoms with Gasteiger partial charge in [0.1, 0.15) is 4.90 Å². The molecule has 1 aromatic rings. The van der Waals surface area contributed by atoms with E-state index in [9.17, 15) is 18.0 Å². The number of carboxylic acid groups (broad SMARTS) is 1. The molecule has 0 saturated heterocycles. The van der Waals surface area contributed by atoms with Crippen LogP contribution in [-0.4, -0.2) is 35.7 Å². The summed E-state index contributed by atoms with van der Waals surface area (Å²) in [7, 11) is -3.95. The normalized spacial score (nSPS) is 16.6. The highest BCUT2D eigenvalue weighted by Gasteiger charge is 2.44. The van der Waals surface area contributed by atoms with Crippen LogP contribution in [0.5, 0.6) is 0 Å². The van der Waals surface area contributed by atoms with Crippen molar-refractivity contribution in [3.63, 3.8) is 0 Å². The second kappa shape index (κ2) is 4.90. The molecule has 1 amide bonds. The van der Waals surface area contributed by atoms with Crippen molar-refractivity contribution in [1.82, 2.24) is 4.31 Å². The number of nitrogens with zero attached hydrogens (tertiary/aromatic N) is 1. The minimum absolute atomic E-state index is 0.0434. The van der Waals surface area contributed by atoms with E-state index in [1.54, 1.807) is 0 Å². The van der Waals surface area contributed by atoms with Crippen molar-refractivity contribution < 1.29 is 23.1 Å². The van der Waals surface area contributed by atoms with Gasteiger partial charge in [-0.2, -0.15) is 0 Å². The molecule has 108 valence electrons. The zero-order valence-electron chi connectivity index (χ0n) is 11.2. The molecule has 6 nitrogen and oxygen atoms in total. The zero-order chi connectivity index (χ0) is 15.1. The first-order valence-electron chi connectivity index (χ1n) is 6.30. The predicted octanol–water partition coefficient (Wildman–Crippen LogP) is 1.72.